The van der Waals surface area contributed by atoms with Gasteiger partial charge in [0.2, 0.25) is 5.91 Å². The summed E-state index contributed by atoms with van der Waals surface area (Å²) in [5, 5.41) is 13.2. The van der Waals surface area contributed by atoms with Crippen molar-refractivity contribution in [2.24, 2.45) is 21.7 Å². The number of rotatable bonds is 5. The van der Waals surface area contributed by atoms with Crippen LogP contribution in [0.5, 0.6) is 0 Å². The van der Waals surface area contributed by atoms with Crippen molar-refractivity contribution in [1.82, 2.24) is 20.0 Å². The molecule has 150 valence electrons. The van der Waals surface area contributed by atoms with E-state index in [1.54, 1.807) is 10.9 Å². The minimum absolute atomic E-state index is 0.0534. The minimum Gasteiger partial charge on any atom is -0.364 e. The van der Waals surface area contributed by atoms with E-state index >= 15 is 0 Å². The predicted molar refractivity (Wildman–Crippen MR) is 96.3 cm³/mol. The van der Waals surface area contributed by atoms with Gasteiger partial charge in [-0.1, -0.05) is 5.21 Å². The van der Waals surface area contributed by atoms with Gasteiger partial charge in [-0.05, 0) is 42.4 Å². The van der Waals surface area contributed by atoms with E-state index in [2.05, 4.69) is 15.4 Å². The molecule has 4 aliphatic rings. The summed E-state index contributed by atoms with van der Waals surface area (Å²) in [5.41, 5.74) is 5.16. The number of halogens is 2. The van der Waals surface area contributed by atoms with Gasteiger partial charge in [0.25, 0.3) is 5.91 Å². The number of nitrogens with two attached hydrogens (primary N) is 1. The summed E-state index contributed by atoms with van der Waals surface area (Å²) in [6.45, 7) is 0.560. The maximum atomic E-state index is 13.6. The highest BCUT2D eigenvalue weighted by Crippen LogP contribution is 2.74. The lowest BCUT2D eigenvalue weighted by molar-refractivity contribution is -0.223. The van der Waals surface area contributed by atoms with Gasteiger partial charge in [0, 0.05) is 25.2 Å². The van der Waals surface area contributed by atoms with Gasteiger partial charge < -0.3 is 5.73 Å². The molecule has 0 radical (unpaired) electrons. The lowest BCUT2D eigenvalue weighted by Crippen LogP contribution is -2.68. The van der Waals surface area contributed by atoms with Crippen LogP contribution in [-0.4, -0.2) is 38.0 Å². The number of hydrogen-bond acceptors (Lipinski definition) is 5. The van der Waals surface area contributed by atoms with E-state index in [0.717, 1.165) is 6.07 Å². The Morgan fingerprint density at radius 2 is 1.86 bits per heavy atom. The highest BCUT2D eigenvalue weighted by molar-refractivity contribution is 5.90. The van der Waals surface area contributed by atoms with E-state index in [4.69, 9.17) is 5.73 Å². The molecule has 1 unspecified atom stereocenters. The topological polar surface area (TPSA) is 106 Å². The van der Waals surface area contributed by atoms with Crippen LogP contribution >= 0.6 is 0 Å². The Labute approximate surface area is 164 Å². The molecule has 2 N–H and O–H groups in total. The van der Waals surface area contributed by atoms with Gasteiger partial charge in [0.05, 0.1) is 17.7 Å². The molecule has 3 saturated carbocycles. The normalized spacial score (nSPS) is 29.4. The third-order valence-corrected chi connectivity index (χ3v) is 6.19. The Kier molecular flexibility index (Phi) is 3.65. The molecule has 1 atom stereocenters. The Hall–Kier alpha value is -3.17. The number of primary amides is 1. The second-order valence-corrected chi connectivity index (χ2v) is 8.38. The third kappa shape index (κ3) is 2.73. The zero-order valence-corrected chi connectivity index (χ0v) is 15.4. The molecule has 3 aliphatic carbocycles. The summed E-state index contributed by atoms with van der Waals surface area (Å²) in [6.07, 6.45) is 5.58. The Morgan fingerprint density at radius 3 is 2.48 bits per heavy atom. The van der Waals surface area contributed by atoms with Gasteiger partial charge >= 0.3 is 0 Å². The predicted octanol–water partition coefficient (Wildman–Crippen LogP) is 1.78. The molecule has 29 heavy (non-hydrogen) atoms. The van der Waals surface area contributed by atoms with Crippen molar-refractivity contribution in [2.45, 2.75) is 38.3 Å². The SMILES string of the molecule is NC(=O)c1cn(CC23CC(C(=O)N4N=CCC4c4cc(F)cc(F)c4)(C2)C3)nn1. The molecule has 8 nitrogen and oxygen atoms in total. The van der Waals surface area contributed by atoms with Crippen LogP contribution in [0.25, 0.3) is 0 Å². The summed E-state index contributed by atoms with van der Waals surface area (Å²) < 4.78 is 28.8. The van der Waals surface area contributed by atoms with Crippen LogP contribution in [0.4, 0.5) is 8.78 Å². The number of hydrogen-bond donors (Lipinski definition) is 1. The fourth-order valence-electron chi connectivity index (χ4n) is 5.12. The van der Waals surface area contributed by atoms with Crippen molar-refractivity contribution in [1.29, 1.82) is 0 Å². The molecule has 1 aromatic heterocycles. The van der Waals surface area contributed by atoms with Gasteiger partial charge in [0.1, 0.15) is 11.6 Å². The number of carbonyl (C=O) groups is 2. The summed E-state index contributed by atoms with van der Waals surface area (Å²) in [5.74, 6) is -2.09. The smallest absolute Gasteiger partial charge is 0.270 e. The van der Waals surface area contributed by atoms with Crippen molar-refractivity contribution in [3.8, 4) is 0 Å². The third-order valence-electron chi connectivity index (χ3n) is 6.19. The van der Waals surface area contributed by atoms with Gasteiger partial charge in [-0.2, -0.15) is 5.10 Å². The largest absolute Gasteiger partial charge is 0.364 e. The Bertz CT molecular complexity index is 1020. The second-order valence-electron chi connectivity index (χ2n) is 8.38. The molecule has 2 aromatic rings. The van der Waals surface area contributed by atoms with Crippen molar-refractivity contribution >= 4 is 18.0 Å². The summed E-state index contributed by atoms with van der Waals surface area (Å²) in [4.78, 5) is 24.3. The van der Waals surface area contributed by atoms with E-state index in [1.165, 1.54) is 23.3 Å². The van der Waals surface area contributed by atoms with E-state index in [0.29, 0.717) is 37.8 Å². The summed E-state index contributed by atoms with van der Waals surface area (Å²) in [7, 11) is 0. The first-order valence-corrected chi connectivity index (χ1v) is 9.31. The van der Waals surface area contributed by atoms with E-state index in [9.17, 15) is 18.4 Å². The highest BCUT2D eigenvalue weighted by atomic mass is 19.1. The van der Waals surface area contributed by atoms with E-state index < -0.39 is 29.0 Å². The fraction of sp³-hybridized carbons (Fsp3) is 0.421. The Morgan fingerprint density at radius 1 is 1.17 bits per heavy atom. The van der Waals surface area contributed by atoms with E-state index in [-0.39, 0.29) is 17.0 Å². The molecular formula is C19H18F2N6O2. The van der Waals surface area contributed by atoms with Crippen LogP contribution in [0.3, 0.4) is 0 Å². The fourth-order valence-corrected chi connectivity index (χ4v) is 5.12. The lowest BCUT2D eigenvalue weighted by atomic mass is 9.34. The van der Waals surface area contributed by atoms with Crippen molar-refractivity contribution in [3.05, 3.63) is 47.3 Å². The molecule has 2 amide bonds. The van der Waals surface area contributed by atoms with Gasteiger partial charge in [-0.15, -0.1) is 5.10 Å². The maximum absolute atomic E-state index is 13.6. The first kappa shape index (κ1) is 17.9. The number of benzene rings is 1. The van der Waals surface area contributed by atoms with Gasteiger partial charge in [-0.3, -0.25) is 14.3 Å². The van der Waals surface area contributed by atoms with E-state index in [1.807, 2.05) is 0 Å². The first-order valence-electron chi connectivity index (χ1n) is 9.31. The zero-order chi connectivity index (χ0) is 20.4. The molecule has 0 saturated heterocycles. The van der Waals surface area contributed by atoms with Gasteiger partial charge in [-0.25, -0.2) is 13.8 Å². The number of hydrazone groups is 1. The number of carbonyl (C=O) groups excluding carboxylic acids is 2. The highest BCUT2D eigenvalue weighted by Gasteiger charge is 2.72. The van der Waals surface area contributed by atoms with Crippen molar-refractivity contribution < 1.29 is 18.4 Å². The average molecular weight is 400 g/mol. The summed E-state index contributed by atoms with van der Waals surface area (Å²) >= 11 is 0. The van der Waals surface area contributed by atoms with Crippen molar-refractivity contribution in [2.75, 3.05) is 0 Å². The van der Waals surface area contributed by atoms with Crippen LogP contribution in [0.2, 0.25) is 0 Å². The maximum Gasteiger partial charge on any atom is 0.270 e. The van der Waals surface area contributed by atoms with Crippen LogP contribution in [0.1, 0.15) is 47.8 Å². The molecule has 6 rings (SSSR count). The minimum atomic E-state index is -0.674. The molecule has 2 bridgehead atoms. The molecule has 2 heterocycles. The number of amides is 2. The molecule has 10 heteroatoms. The second kappa shape index (κ2) is 5.91. The number of aromatic nitrogens is 3. The van der Waals surface area contributed by atoms with Gasteiger partial charge in [0.15, 0.2) is 5.69 Å². The first-order chi connectivity index (χ1) is 13.8. The summed E-state index contributed by atoms with van der Waals surface area (Å²) in [6, 6.07) is 2.80. The quantitative estimate of drug-likeness (QED) is 0.826. The molecular weight excluding hydrogens is 382 g/mol. The standard InChI is InChI=1S/C19H18F2N6O2/c20-12-3-11(4-13(21)5-12)15-1-2-23-27(15)17(29)19-7-18(8-19,9-19)10-26-6-14(16(22)28)24-25-26/h2-6,15H,1,7-10H2,(H2,22,28). The van der Waals surface area contributed by atoms with Crippen LogP contribution in [0, 0.1) is 22.5 Å². The lowest BCUT2D eigenvalue weighted by Gasteiger charge is -2.69. The number of nitrogens with zero attached hydrogens (tertiary/aromatic N) is 5. The monoisotopic (exact) mass is 400 g/mol. The van der Waals surface area contributed by atoms with Crippen molar-refractivity contribution in [3.63, 3.8) is 0 Å². The van der Waals surface area contributed by atoms with Crippen LogP contribution in [-0.2, 0) is 11.3 Å². The van der Waals surface area contributed by atoms with Crippen LogP contribution in [0.15, 0.2) is 29.5 Å². The molecule has 3 fully saturated rings. The average Bonchev–Trinajstić information content (AvgIpc) is 3.24. The zero-order valence-electron chi connectivity index (χ0n) is 15.4. The molecule has 1 aliphatic heterocycles. The van der Waals surface area contributed by atoms with Crippen LogP contribution < -0.4 is 5.73 Å². The molecule has 1 aromatic carbocycles. The Balaban J connectivity index is 1.27. The molecule has 0 spiro atoms.